The van der Waals surface area contributed by atoms with Crippen LogP contribution in [0.1, 0.15) is 82.9 Å². The summed E-state index contributed by atoms with van der Waals surface area (Å²) in [5, 5.41) is 0. The van der Waals surface area contributed by atoms with Gasteiger partial charge < -0.3 is 9.80 Å². The number of rotatable bonds is 3. The number of fused-ring (bicyclic) bond motifs is 2. The molecule has 0 saturated carbocycles. The van der Waals surface area contributed by atoms with Gasteiger partial charge in [0.1, 0.15) is 5.82 Å². The van der Waals surface area contributed by atoms with Crippen molar-refractivity contribution in [3.63, 3.8) is 0 Å². The van der Waals surface area contributed by atoms with E-state index in [4.69, 9.17) is 0 Å². The largest absolute Gasteiger partial charge is 0.368 e. The topological polar surface area (TPSA) is 6.48 Å². The number of likely N-dealkylation sites (tertiary alicyclic amines) is 2. The first-order valence-corrected chi connectivity index (χ1v) is 11.2. The van der Waals surface area contributed by atoms with Crippen LogP contribution in [0.5, 0.6) is 0 Å². The molecule has 2 saturated heterocycles. The molecule has 2 aliphatic heterocycles. The summed E-state index contributed by atoms with van der Waals surface area (Å²) in [7, 11) is 0. The van der Waals surface area contributed by atoms with E-state index < -0.39 is 0 Å². The molecule has 1 aromatic rings. The predicted octanol–water partition coefficient (Wildman–Crippen LogP) is 6.04. The van der Waals surface area contributed by atoms with Crippen LogP contribution < -0.4 is 0 Å². The second kappa shape index (κ2) is 7.48. The molecule has 1 aromatic carbocycles. The van der Waals surface area contributed by atoms with Gasteiger partial charge in [-0.15, -0.1) is 0 Å². The van der Waals surface area contributed by atoms with Gasteiger partial charge in [0, 0.05) is 12.2 Å². The minimum Gasteiger partial charge on any atom is -0.368 e. The second-order valence-electron chi connectivity index (χ2n) is 10.6. The molecule has 154 valence electrons. The summed E-state index contributed by atoms with van der Waals surface area (Å²) in [5.74, 6) is -0.0748. The molecule has 2 heterocycles. The lowest BCUT2D eigenvalue weighted by Crippen LogP contribution is -2.46. The molecule has 2 fully saturated rings. The van der Waals surface area contributed by atoms with Gasteiger partial charge in [-0.2, -0.15) is 0 Å². The van der Waals surface area contributed by atoms with Crippen LogP contribution in [0.15, 0.2) is 30.5 Å². The highest BCUT2D eigenvalue weighted by molar-refractivity contribution is 5.41. The van der Waals surface area contributed by atoms with Gasteiger partial charge in [-0.3, -0.25) is 0 Å². The first kappa shape index (κ1) is 19.9. The van der Waals surface area contributed by atoms with Crippen LogP contribution in [0.2, 0.25) is 0 Å². The molecule has 0 N–H and O–H groups in total. The third-order valence-electron chi connectivity index (χ3n) is 7.48. The fourth-order valence-corrected chi connectivity index (χ4v) is 5.65. The lowest BCUT2D eigenvalue weighted by molar-refractivity contribution is 0.116. The summed E-state index contributed by atoms with van der Waals surface area (Å²) >= 11 is 0. The van der Waals surface area contributed by atoms with Crippen molar-refractivity contribution in [2.24, 2.45) is 5.41 Å². The summed E-state index contributed by atoms with van der Waals surface area (Å²) in [6, 6.07) is 6.01. The Bertz CT molecular complexity index is 725. The molecule has 1 unspecified atom stereocenters. The van der Waals surface area contributed by atoms with Gasteiger partial charge in [-0.05, 0) is 98.7 Å². The minimum atomic E-state index is -0.0748. The Morgan fingerprint density at radius 1 is 1.14 bits per heavy atom. The van der Waals surface area contributed by atoms with E-state index >= 15 is 0 Å². The number of nitrogens with zero attached hydrogens (tertiary/aromatic N) is 2. The van der Waals surface area contributed by atoms with Crippen molar-refractivity contribution in [3.8, 4) is 0 Å². The summed E-state index contributed by atoms with van der Waals surface area (Å²) in [6.45, 7) is 15.9. The lowest BCUT2D eigenvalue weighted by atomic mass is 9.63. The monoisotopic (exact) mass is 384 g/mol. The molecular formula is C25H37FN2. The van der Waals surface area contributed by atoms with E-state index in [9.17, 15) is 4.39 Å². The first-order valence-electron chi connectivity index (χ1n) is 11.2. The predicted molar refractivity (Wildman–Crippen MR) is 115 cm³/mol. The maximum absolute atomic E-state index is 14.3. The lowest BCUT2D eigenvalue weighted by Gasteiger charge is -2.49. The van der Waals surface area contributed by atoms with Gasteiger partial charge in [0.15, 0.2) is 0 Å². The highest BCUT2D eigenvalue weighted by Gasteiger charge is 2.44. The van der Waals surface area contributed by atoms with Crippen LogP contribution in [0.4, 0.5) is 4.39 Å². The Labute approximate surface area is 170 Å². The Balaban J connectivity index is 1.54. The van der Waals surface area contributed by atoms with Crippen LogP contribution in [-0.2, 0) is 5.41 Å². The Morgan fingerprint density at radius 2 is 1.89 bits per heavy atom. The third-order valence-corrected chi connectivity index (χ3v) is 7.48. The molecule has 3 aliphatic rings. The number of piperidine rings is 1. The third kappa shape index (κ3) is 3.87. The van der Waals surface area contributed by atoms with Crippen molar-refractivity contribution in [2.75, 3.05) is 26.2 Å². The van der Waals surface area contributed by atoms with Crippen molar-refractivity contribution in [2.45, 2.75) is 77.2 Å². The molecule has 28 heavy (non-hydrogen) atoms. The fourth-order valence-electron chi connectivity index (χ4n) is 5.65. The van der Waals surface area contributed by atoms with Crippen molar-refractivity contribution >= 4 is 0 Å². The molecule has 1 spiro atoms. The summed E-state index contributed by atoms with van der Waals surface area (Å²) < 4.78 is 14.3. The zero-order valence-electron chi connectivity index (χ0n) is 18.1. The maximum atomic E-state index is 14.3. The van der Waals surface area contributed by atoms with E-state index in [-0.39, 0.29) is 11.2 Å². The van der Waals surface area contributed by atoms with Crippen molar-refractivity contribution in [3.05, 3.63) is 47.4 Å². The summed E-state index contributed by atoms with van der Waals surface area (Å²) in [5.41, 5.74) is 4.51. The van der Waals surface area contributed by atoms with Gasteiger partial charge in [0.05, 0.1) is 6.04 Å². The smallest absolute Gasteiger partial charge is 0.123 e. The van der Waals surface area contributed by atoms with E-state index in [1.165, 1.54) is 61.9 Å². The quantitative estimate of drug-likeness (QED) is 0.627. The average molecular weight is 385 g/mol. The zero-order valence-corrected chi connectivity index (χ0v) is 18.1. The molecule has 0 amide bonds. The van der Waals surface area contributed by atoms with E-state index in [1.807, 2.05) is 6.07 Å². The molecule has 1 aliphatic carbocycles. The van der Waals surface area contributed by atoms with Crippen LogP contribution in [0.25, 0.3) is 0 Å². The Hall–Kier alpha value is -1.35. The normalized spacial score (nSPS) is 25.4. The fraction of sp³-hybridized carbons (Fsp3) is 0.680. The molecule has 4 rings (SSSR count). The first-order chi connectivity index (χ1) is 13.3. The van der Waals surface area contributed by atoms with Gasteiger partial charge in [0.25, 0.3) is 0 Å². The van der Waals surface area contributed by atoms with Gasteiger partial charge in [0.2, 0.25) is 0 Å². The molecule has 2 nitrogen and oxygen atoms in total. The number of hydrogen-bond donors (Lipinski definition) is 0. The summed E-state index contributed by atoms with van der Waals surface area (Å²) in [6.07, 6.45) is 8.26. The van der Waals surface area contributed by atoms with Crippen LogP contribution in [-0.4, -0.2) is 36.0 Å². The number of halogens is 1. The Morgan fingerprint density at radius 3 is 2.54 bits per heavy atom. The van der Waals surface area contributed by atoms with Crippen molar-refractivity contribution < 1.29 is 4.39 Å². The number of hydrogen-bond acceptors (Lipinski definition) is 2. The average Bonchev–Trinajstić information content (AvgIpc) is 3.07. The second-order valence-corrected chi connectivity index (χ2v) is 10.6. The van der Waals surface area contributed by atoms with E-state index in [2.05, 4.69) is 43.2 Å². The molecule has 0 radical (unpaired) electrons. The molecule has 0 aromatic heterocycles. The summed E-state index contributed by atoms with van der Waals surface area (Å²) in [4.78, 5) is 5.13. The molecule has 3 heteroatoms. The van der Waals surface area contributed by atoms with E-state index in [1.54, 1.807) is 6.07 Å². The molecule has 1 atom stereocenters. The zero-order chi connectivity index (χ0) is 19.9. The van der Waals surface area contributed by atoms with Crippen LogP contribution >= 0.6 is 0 Å². The van der Waals surface area contributed by atoms with Crippen molar-refractivity contribution in [1.29, 1.82) is 0 Å². The molecular weight excluding hydrogens is 347 g/mol. The van der Waals surface area contributed by atoms with E-state index in [0.29, 0.717) is 11.5 Å². The van der Waals surface area contributed by atoms with Crippen molar-refractivity contribution in [1.82, 2.24) is 9.80 Å². The minimum absolute atomic E-state index is 0.0748. The van der Waals surface area contributed by atoms with E-state index in [0.717, 1.165) is 26.1 Å². The van der Waals surface area contributed by atoms with Gasteiger partial charge in [-0.1, -0.05) is 33.4 Å². The highest BCUT2D eigenvalue weighted by Crippen LogP contribution is 2.51. The molecule has 0 bridgehead atoms. The van der Waals surface area contributed by atoms with Crippen LogP contribution in [0, 0.1) is 11.2 Å². The standard InChI is InChI=1S/C25H37FN2/c1-19-6-5-14-28(19)23-9-10-25(22-18-20(26)7-8-21(22)23)12-16-27(17-13-25)15-11-24(2,3)4/h7-8,18,23H,1,5-6,9-17H2,2-4H3. The Kier molecular flexibility index (Phi) is 5.33. The SMILES string of the molecule is C=C1CCCN1C1CCC2(CCN(CCC(C)(C)C)CC2)c2cc(F)ccc21. The van der Waals surface area contributed by atoms with Gasteiger partial charge in [-0.25, -0.2) is 4.39 Å². The van der Waals surface area contributed by atoms with Crippen LogP contribution in [0.3, 0.4) is 0 Å². The number of allylic oxidation sites excluding steroid dienone is 1. The number of benzene rings is 1. The maximum Gasteiger partial charge on any atom is 0.123 e. The van der Waals surface area contributed by atoms with Gasteiger partial charge >= 0.3 is 0 Å². The highest BCUT2D eigenvalue weighted by atomic mass is 19.1.